The first-order valence-corrected chi connectivity index (χ1v) is 10.1. The number of rotatable bonds is 6. The maximum Gasteiger partial charge on any atom is 0.255 e. The Balaban J connectivity index is 1.52. The zero-order chi connectivity index (χ0) is 20.8. The van der Waals surface area contributed by atoms with Gasteiger partial charge >= 0.3 is 0 Å². The van der Waals surface area contributed by atoms with Crippen molar-refractivity contribution in [2.75, 3.05) is 16.4 Å². The summed E-state index contributed by atoms with van der Waals surface area (Å²) in [5.74, 6) is -0.477. The number of amides is 2. The smallest absolute Gasteiger partial charge is 0.255 e. The Morgan fingerprint density at radius 2 is 1.59 bits per heavy atom. The fourth-order valence-electron chi connectivity index (χ4n) is 2.66. The quantitative estimate of drug-likeness (QED) is 0.535. The van der Waals surface area contributed by atoms with Crippen molar-refractivity contribution in [3.05, 3.63) is 89.2 Å². The number of aryl methyl sites for hydroxylation is 1. The van der Waals surface area contributed by atoms with E-state index in [0.29, 0.717) is 11.3 Å². The van der Waals surface area contributed by atoms with E-state index < -0.39 is 0 Å². The number of thioether (sulfide) groups is 1. The third-order valence-electron chi connectivity index (χ3n) is 4.47. The van der Waals surface area contributed by atoms with E-state index in [2.05, 4.69) is 10.6 Å². The van der Waals surface area contributed by atoms with Crippen LogP contribution < -0.4 is 10.6 Å². The van der Waals surface area contributed by atoms with Crippen molar-refractivity contribution in [2.45, 2.75) is 18.7 Å². The van der Waals surface area contributed by atoms with E-state index in [1.807, 2.05) is 44.2 Å². The van der Waals surface area contributed by atoms with Crippen LogP contribution in [0.5, 0.6) is 0 Å². The Morgan fingerprint density at radius 3 is 2.28 bits per heavy atom. The Bertz CT molecular complexity index is 1020. The maximum absolute atomic E-state index is 12.9. The van der Waals surface area contributed by atoms with Crippen molar-refractivity contribution in [1.82, 2.24) is 0 Å². The number of carbonyl (C=O) groups is 2. The summed E-state index contributed by atoms with van der Waals surface area (Å²) in [5.41, 5.74) is 4.03. The normalized spacial score (nSPS) is 10.4. The summed E-state index contributed by atoms with van der Waals surface area (Å²) in [4.78, 5) is 25.3. The highest BCUT2D eigenvalue weighted by Crippen LogP contribution is 2.22. The van der Waals surface area contributed by atoms with Crippen LogP contribution in [0.1, 0.15) is 21.5 Å². The van der Waals surface area contributed by atoms with Gasteiger partial charge in [0.15, 0.2) is 0 Å². The standard InChI is InChI=1S/C23H21FN2O2S/c1-15-4-3-5-21(16(15)2)26-22(27)14-29-20-12-10-19(11-13-20)25-23(28)17-6-8-18(24)9-7-17/h3-13H,14H2,1-2H3,(H,25,28)(H,26,27). The number of hydrogen-bond donors (Lipinski definition) is 2. The van der Waals surface area contributed by atoms with Crippen LogP contribution in [0.15, 0.2) is 71.6 Å². The number of hydrogen-bond acceptors (Lipinski definition) is 3. The van der Waals surface area contributed by atoms with Crippen molar-refractivity contribution >= 4 is 35.0 Å². The van der Waals surface area contributed by atoms with E-state index in [4.69, 9.17) is 0 Å². The molecule has 2 N–H and O–H groups in total. The van der Waals surface area contributed by atoms with Gasteiger partial charge in [-0.15, -0.1) is 11.8 Å². The van der Waals surface area contributed by atoms with Crippen LogP contribution >= 0.6 is 11.8 Å². The highest BCUT2D eigenvalue weighted by Gasteiger charge is 2.08. The van der Waals surface area contributed by atoms with E-state index in [-0.39, 0.29) is 23.4 Å². The Hall–Kier alpha value is -3.12. The number of halogens is 1. The van der Waals surface area contributed by atoms with E-state index in [9.17, 15) is 14.0 Å². The molecule has 0 radical (unpaired) electrons. The molecule has 3 rings (SSSR count). The predicted octanol–water partition coefficient (Wildman–Crippen LogP) is 5.43. The first-order chi connectivity index (χ1) is 13.9. The third-order valence-corrected chi connectivity index (χ3v) is 5.48. The molecule has 0 saturated heterocycles. The first kappa shape index (κ1) is 20.6. The van der Waals surface area contributed by atoms with Crippen molar-refractivity contribution in [3.8, 4) is 0 Å². The summed E-state index contributed by atoms with van der Waals surface area (Å²) in [6, 6.07) is 18.4. The lowest BCUT2D eigenvalue weighted by Gasteiger charge is -2.10. The average molecular weight is 408 g/mol. The molecule has 6 heteroatoms. The van der Waals surface area contributed by atoms with Gasteiger partial charge in [-0.1, -0.05) is 12.1 Å². The van der Waals surface area contributed by atoms with Crippen LogP contribution in [-0.2, 0) is 4.79 Å². The number of nitrogens with one attached hydrogen (secondary N) is 2. The number of anilines is 2. The number of benzene rings is 3. The summed E-state index contributed by atoms with van der Waals surface area (Å²) >= 11 is 1.42. The van der Waals surface area contributed by atoms with Gasteiger partial charge in [-0.2, -0.15) is 0 Å². The minimum Gasteiger partial charge on any atom is -0.325 e. The maximum atomic E-state index is 12.9. The van der Waals surface area contributed by atoms with Crippen LogP contribution in [-0.4, -0.2) is 17.6 Å². The molecule has 3 aromatic carbocycles. The molecule has 148 valence electrons. The third kappa shape index (κ3) is 5.68. The second-order valence-electron chi connectivity index (χ2n) is 6.57. The van der Waals surface area contributed by atoms with Gasteiger partial charge in [-0.25, -0.2) is 4.39 Å². The molecule has 0 aliphatic heterocycles. The summed E-state index contributed by atoms with van der Waals surface area (Å²) < 4.78 is 12.9. The zero-order valence-corrected chi connectivity index (χ0v) is 17.0. The fraction of sp³-hybridized carbons (Fsp3) is 0.130. The molecule has 0 unspecified atom stereocenters. The molecule has 0 aromatic heterocycles. The Labute approximate surface area is 173 Å². The molecule has 3 aromatic rings. The van der Waals surface area contributed by atoms with E-state index in [1.165, 1.54) is 36.0 Å². The topological polar surface area (TPSA) is 58.2 Å². The predicted molar refractivity (Wildman–Crippen MR) is 116 cm³/mol. The van der Waals surface area contributed by atoms with Crippen molar-refractivity contribution in [1.29, 1.82) is 0 Å². The van der Waals surface area contributed by atoms with E-state index in [1.54, 1.807) is 12.1 Å². The summed E-state index contributed by atoms with van der Waals surface area (Å²) in [7, 11) is 0. The molecule has 2 amide bonds. The van der Waals surface area contributed by atoms with E-state index >= 15 is 0 Å². The fourth-order valence-corrected chi connectivity index (χ4v) is 3.36. The monoisotopic (exact) mass is 408 g/mol. The molecule has 29 heavy (non-hydrogen) atoms. The van der Waals surface area contributed by atoms with Crippen LogP contribution in [0, 0.1) is 19.7 Å². The number of carbonyl (C=O) groups excluding carboxylic acids is 2. The van der Waals surface area contributed by atoms with Gasteiger partial charge in [0.2, 0.25) is 5.91 Å². The van der Waals surface area contributed by atoms with Gasteiger partial charge in [-0.05, 0) is 79.6 Å². The molecule has 4 nitrogen and oxygen atoms in total. The molecule has 0 saturated carbocycles. The molecule has 0 aliphatic carbocycles. The van der Waals surface area contributed by atoms with Crippen LogP contribution in [0.3, 0.4) is 0 Å². The molecule has 0 bridgehead atoms. The minimum absolute atomic E-state index is 0.0719. The summed E-state index contributed by atoms with van der Waals surface area (Å²) in [5, 5.41) is 5.70. The van der Waals surface area contributed by atoms with Crippen molar-refractivity contribution in [3.63, 3.8) is 0 Å². The van der Waals surface area contributed by atoms with Gasteiger partial charge in [0.1, 0.15) is 5.82 Å². The van der Waals surface area contributed by atoms with Gasteiger partial charge in [0.25, 0.3) is 5.91 Å². The van der Waals surface area contributed by atoms with Gasteiger partial charge in [0.05, 0.1) is 5.75 Å². The molecule has 0 heterocycles. The molecule has 0 spiro atoms. The summed E-state index contributed by atoms with van der Waals surface area (Å²) in [6.07, 6.45) is 0. The summed E-state index contributed by atoms with van der Waals surface area (Å²) in [6.45, 7) is 3.99. The highest BCUT2D eigenvalue weighted by molar-refractivity contribution is 8.00. The molecular formula is C23H21FN2O2S. The molecule has 0 fully saturated rings. The van der Waals surface area contributed by atoms with Crippen LogP contribution in [0.4, 0.5) is 15.8 Å². The largest absolute Gasteiger partial charge is 0.325 e. The molecule has 0 aliphatic rings. The Morgan fingerprint density at radius 1 is 0.897 bits per heavy atom. The lowest BCUT2D eigenvalue weighted by Crippen LogP contribution is -2.15. The lowest BCUT2D eigenvalue weighted by molar-refractivity contribution is -0.113. The van der Waals surface area contributed by atoms with E-state index in [0.717, 1.165) is 21.7 Å². The van der Waals surface area contributed by atoms with Gasteiger partial charge in [0, 0.05) is 21.8 Å². The van der Waals surface area contributed by atoms with Crippen molar-refractivity contribution < 1.29 is 14.0 Å². The molecular weight excluding hydrogens is 387 g/mol. The van der Waals surface area contributed by atoms with Gasteiger partial charge < -0.3 is 10.6 Å². The van der Waals surface area contributed by atoms with Crippen molar-refractivity contribution in [2.24, 2.45) is 0 Å². The minimum atomic E-state index is -0.385. The lowest BCUT2D eigenvalue weighted by atomic mass is 10.1. The first-order valence-electron chi connectivity index (χ1n) is 9.08. The zero-order valence-electron chi connectivity index (χ0n) is 16.2. The Kier molecular flexibility index (Phi) is 6.67. The van der Waals surface area contributed by atoms with Crippen LogP contribution in [0.25, 0.3) is 0 Å². The average Bonchev–Trinajstić information content (AvgIpc) is 2.71. The SMILES string of the molecule is Cc1cccc(NC(=O)CSc2ccc(NC(=O)c3ccc(F)cc3)cc2)c1C. The van der Waals surface area contributed by atoms with Crippen LogP contribution in [0.2, 0.25) is 0 Å². The highest BCUT2D eigenvalue weighted by atomic mass is 32.2. The second-order valence-corrected chi connectivity index (χ2v) is 7.62. The molecule has 0 atom stereocenters. The van der Waals surface area contributed by atoms with Gasteiger partial charge in [-0.3, -0.25) is 9.59 Å². The second kappa shape index (κ2) is 9.39.